The minimum absolute atomic E-state index is 0.0252. The third-order valence-corrected chi connectivity index (χ3v) is 11.8. The SMILES string of the molecule is CCOc1ccc(OCC2CCC(C3CCC(C)OC3)CC2)c(F)c1F.CCOc1ccc(OCC2CCC(C3CCC(C)OC3)CC2)c(F)c1F. The molecule has 6 nitrogen and oxygen atoms in total. The van der Waals surface area contributed by atoms with Crippen LogP contribution in [0.4, 0.5) is 17.6 Å². The molecule has 4 unspecified atom stereocenters. The summed E-state index contributed by atoms with van der Waals surface area (Å²) in [6, 6.07) is 5.77. The normalized spacial score (nSPS) is 29.4. The zero-order valence-electron chi connectivity index (χ0n) is 31.6. The quantitative estimate of drug-likeness (QED) is 0.202. The van der Waals surface area contributed by atoms with E-state index in [1.54, 1.807) is 13.8 Å². The van der Waals surface area contributed by atoms with Crippen molar-refractivity contribution in [2.45, 2.75) is 117 Å². The summed E-state index contributed by atoms with van der Waals surface area (Å²) < 4.78 is 88.9. The van der Waals surface area contributed by atoms with Crippen molar-refractivity contribution in [2.24, 2.45) is 35.5 Å². The van der Waals surface area contributed by atoms with Crippen molar-refractivity contribution in [3.63, 3.8) is 0 Å². The maximum absolute atomic E-state index is 14.1. The van der Waals surface area contributed by atoms with E-state index in [0.29, 0.717) is 62.3 Å². The monoisotopic (exact) mass is 736 g/mol. The summed E-state index contributed by atoms with van der Waals surface area (Å²) in [7, 11) is 0. The second kappa shape index (κ2) is 20.1. The van der Waals surface area contributed by atoms with E-state index >= 15 is 0 Å². The summed E-state index contributed by atoms with van der Waals surface area (Å²) in [5, 5.41) is 0. The fourth-order valence-electron chi connectivity index (χ4n) is 8.40. The van der Waals surface area contributed by atoms with Crippen LogP contribution in [0.25, 0.3) is 0 Å². The third-order valence-electron chi connectivity index (χ3n) is 11.8. The first-order valence-corrected chi connectivity index (χ1v) is 19.9. The first-order chi connectivity index (χ1) is 25.2. The Bertz CT molecular complexity index is 1260. The third kappa shape index (κ3) is 11.2. The summed E-state index contributed by atoms with van der Waals surface area (Å²) in [4.78, 5) is 0. The van der Waals surface area contributed by atoms with Crippen LogP contribution < -0.4 is 18.9 Å². The van der Waals surface area contributed by atoms with Gasteiger partial charge in [-0.3, -0.25) is 0 Å². The topological polar surface area (TPSA) is 55.4 Å². The number of halogens is 4. The summed E-state index contributed by atoms with van der Waals surface area (Å²) in [6.07, 6.45) is 14.7. The second-order valence-corrected chi connectivity index (χ2v) is 15.4. The molecule has 0 N–H and O–H groups in total. The molecule has 292 valence electrons. The van der Waals surface area contributed by atoms with Crippen molar-refractivity contribution in [1.29, 1.82) is 0 Å². The van der Waals surface area contributed by atoms with Crippen LogP contribution in [0, 0.1) is 58.8 Å². The number of rotatable bonds is 12. The van der Waals surface area contributed by atoms with Crippen molar-refractivity contribution >= 4 is 0 Å². The molecule has 4 atom stereocenters. The van der Waals surface area contributed by atoms with E-state index in [2.05, 4.69) is 13.8 Å². The van der Waals surface area contributed by atoms with Crippen LogP contribution in [0.5, 0.6) is 23.0 Å². The van der Waals surface area contributed by atoms with Gasteiger partial charge in [0.2, 0.25) is 23.3 Å². The standard InChI is InChI=1S/2C21H30F2O3/c2*1-3-24-18-10-11-19(21(23)20(18)22)26-12-15-5-8-16(9-6-15)17-7-4-14(2)25-13-17/h2*10-11,14-17H,3-9,12-13H2,1-2H3. The average Bonchev–Trinajstić information content (AvgIpc) is 3.16. The van der Waals surface area contributed by atoms with Gasteiger partial charge in [-0.1, -0.05) is 0 Å². The molecule has 52 heavy (non-hydrogen) atoms. The van der Waals surface area contributed by atoms with Gasteiger partial charge in [-0.15, -0.1) is 0 Å². The van der Waals surface area contributed by atoms with Crippen LogP contribution in [0.3, 0.4) is 0 Å². The molecule has 2 heterocycles. The molecule has 2 aliphatic carbocycles. The van der Waals surface area contributed by atoms with Crippen LogP contribution in [0.15, 0.2) is 24.3 Å². The minimum atomic E-state index is -0.973. The lowest BCUT2D eigenvalue weighted by Crippen LogP contribution is -2.32. The molecule has 0 amide bonds. The molecule has 2 saturated carbocycles. The number of ether oxygens (including phenoxy) is 6. The molecule has 6 rings (SSSR count). The predicted octanol–water partition coefficient (Wildman–Crippen LogP) is 10.7. The number of hydrogen-bond donors (Lipinski definition) is 0. The van der Waals surface area contributed by atoms with Gasteiger partial charge in [-0.05, 0) is 165 Å². The van der Waals surface area contributed by atoms with Gasteiger partial charge in [-0.25, -0.2) is 0 Å². The highest BCUT2D eigenvalue weighted by molar-refractivity contribution is 5.36. The Hall–Kier alpha value is -2.72. The zero-order chi connectivity index (χ0) is 37.0. The van der Waals surface area contributed by atoms with Crippen LogP contribution in [-0.4, -0.2) is 51.8 Å². The highest BCUT2D eigenvalue weighted by atomic mass is 19.2. The number of hydrogen-bond acceptors (Lipinski definition) is 6. The molecule has 0 spiro atoms. The Labute approximate surface area is 308 Å². The van der Waals surface area contributed by atoms with Crippen molar-refractivity contribution in [1.82, 2.24) is 0 Å². The first kappa shape index (κ1) is 40.5. The van der Waals surface area contributed by atoms with E-state index in [-0.39, 0.29) is 23.0 Å². The van der Waals surface area contributed by atoms with Crippen LogP contribution in [0.2, 0.25) is 0 Å². The molecule has 10 heteroatoms. The lowest BCUT2D eigenvalue weighted by molar-refractivity contribution is -0.0307. The van der Waals surface area contributed by atoms with Gasteiger partial charge >= 0.3 is 0 Å². The Morgan fingerprint density at radius 1 is 0.462 bits per heavy atom. The van der Waals surface area contributed by atoms with E-state index in [1.807, 2.05) is 0 Å². The molecule has 0 radical (unpaired) electrons. The molecule has 2 saturated heterocycles. The molecule has 4 fully saturated rings. The summed E-state index contributed by atoms with van der Waals surface area (Å²) in [6.45, 7) is 11.0. The summed E-state index contributed by atoms with van der Waals surface area (Å²) >= 11 is 0. The lowest BCUT2D eigenvalue weighted by atomic mass is 9.74. The number of benzene rings is 2. The van der Waals surface area contributed by atoms with Crippen LogP contribution >= 0.6 is 0 Å². The highest BCUT2D eigenvalue weighted by Crippen LogP contribution is 2.40. The molecule has 0 bridgehead atoms. The van der Waals surface area contributed by atoms with Gasteiger partial charge in [-0.2, -0.15) is 17.6 Å². The molecule has 2 aromatic rings. The van der Waals surface area contributed by atoms with E-state index in [1.165, 1.54) is 62.8 Å². The molecule has 0 aromatic heterocycles. The predicted molar refractivity (Wildman–Crippen MR) is 193 cm³/mol. The van der Waals surface area contributed by atoms with Gasteiger partial charge in [0.1, 0.15) is 0 Å². The van der Waals surface area contributed by atoms with E-state index in [0.717, 1.165) is 63.6 Å². The van der Waals surface area contributed by atoms with E-state index < -0.39 is 23.3 Å². The fraction of sp³-hybridized carbons (Fsp3) is 0.714. The largest absolute Gasteiger partial charge is 0.491 e. The lowest BCUT2D eigenvalue weighted by Gasteiger charge is -2.37. The van der Waals surface area contributed by atoms with Crippen molar-refractivity contribution < 1.29 is 46.0 Å². The minimum Gasteiger partial charge on any atom is -0.491 e. The Kier molecular flexibility index (Phi) is 15.6. The van der Waals surface area contributed by atoms with Crippen molar-refractivity contribution in [3.8, 4) is 23.0 Å². The fourth-order valence-corrected chi connectivity index (χ4v) is 8.40. The highest BCUT2D eigenvalue weighted by Gasteiger charge is 2.32. The average molecular weight is 737 g/mol. The van der Waals surface area contributed by atoms with Gasteiger partial charge in [0.25, 0.3) is 0 Å². The van der Waals surface area contributed by atoms with Gasteiger partial charge in [0.05, 0.1) is 51.8 Å². The molecular weight excluding hydrogens is 676 g/mol. The van der Waals surface area contributed by atoms with E-state index in [9.17, 15) is 17.6 Å². The Morgan fingerprint density at radius 2 is 0.769 bits per heavy atom. The Balaban J connectivity index is 0.000000201. The molecule has 2 aromatic carbocycles. The first-order valence-electron chi connectivity index (χ1n) is 19.9. The zero-order valence-corrected chi connectivity index (χ0v) is 31.6. The summed E-state index contributed by atoms with van der Waals surface area (Å²) in [5.41, 5.74) is 0. The van der Waals surface area contributed by atoms with Crippen molar-refractivity contribution in [2.75, 3.05) is 39.6 Å². The van der Waals surface area contributed by atoms with Crippen LogP contribution in [0.1, 0.15) is 105 Å². The second-order valence-electron chi connectivity index (χ2n) is 15.4. The van der Waals surface area contributed by atoms with Crippen molar-refractivity contribution in [3.05, 3.63) is 47.5 Å². The van der Waals surface area contributed by atoms with Crippen LogP contribution in [-0.2, 0) is 9.47 Å². The Morgan fingerprint density at radius 3 is 1.06 bits per heavy atom. The molecule has 2 aliphatic heterocycles. The maximum atomic E-state index is 14.1. The van der Waals surface area contributed by atoms with Gasteiger partial charge in [0, 0.05) is 0 Å². The molecule has 4 aliphatic rings. The smallest absolute Gasteiger partial charge is 0.204 e. The van der Waals surface area contributed by atoms with Gasteiger partial charge in [0.15, 0.2) is 23.0 Å². The maximum Gasteiger partial charge on any atom is 0.204 e. The molecular formula is C42H60F4O6. The van der Waals surface area contributed by atoms with Gasteiger partial charge < -0.3 is 28.4 Å². The van der Waals surface area contributed by atoms with E-state index in [4.69, 9.17) is 28.4 Å². The summed E-state index contributed by atoms with van der Waals surface area (Å²) in [5.74, 6) is -0.398.